The van der Waals surface area contributed by atoms with E-state index in [0.29, 0.717) is 6.04 Å². The van der Waals surface area contributed by atoms with Crippen LogP contribution in [0.5, 0.6) is 0 Å². The maximum atomic E-state index is 6.18. The molecule has 0 spiro atoms. The molecule has 0 amide bonds. The van der Waals surface area contributed by atoms with Crippen LogP contribution in [0.3, 0.4) is 0 Å². The van der Waals surface area contributed by atoms with Gasteiger partial charge in [-0.2, -0.15) is 11.3 Å². The van der Waals surface area contributed by atoms with E-state index in [9.17, 15) is 0 Å². The van der Waals surface area contributed by atoms with Gasteiger partial charge in [0.05, 0.1) is 0 Å². The van der Waals surface area contributed by atoms with Gasteiger partial charge in [0, 0.05) is 25.7 Å². The Labute approximate surface area is 109 Å². The lowest BCUT2D eigenvalue weighted by atomic mass is 9.89. The maximum absolute atomic E-state index is 6.18. The molecular weight excluding hydrogens is 228 g/mol. The first-order valence-corrected chi connectivity index (χ1v) is 7.56. The van der Waals surface area contributed by atoms with Gasteiger partial charge in [-0.1, -0.05) is 13.8 Å². The lowest BCUT2D eigenvalue weighted by molar-refractivity contribution is 0.142. The van der Waals surface area contributed by atoms with E-state index in [1.54, 1.807) is 11.3 Å². The zero-order valence-corrected chi connectivity index (χ0v) is 11.7. The van der Waals surface area contributed by atoms with Crippen molar-refractivity contribution >= 4 is 11.3 Å². The molecule has 96 valence electrons. The molecule has 2 heterocycles. The van der Waals surface area contributed by atoms with E-state index in [1.807, 2.05) is 0 Å². The average molecular weight is 252 g/mol. The van der Waals surface area contributed by atoms with Crippen LogP contribution in [0.1, 0.15) is 25.8 Å². The van der Waals surface area contributed by atoms with Crippen molar-refractivity contribution in [2.24, 2.45) is 17.6 Å². The highest BCUT2D eigenvalue weighted by atomic mass is 32.1. The molecule has 0 bridgehead atoms. The third-order valence-corrected chi connectivity index (χ3v) is 4.11. The summed E-state index contributed by atoms with van der Waals surface area (Å²) in [6.45, 7) is 8.07. The Kier molecular flexibility index (Phi) is 4.60. The van der Waals surface area contributed by atoms with Crippen LogP contribution in [-0.4, -0.2) is 30.6 Å². The van der Waals surface area contributed by atoms with Crippen LogP contribution in [0.15, 0.2) is 16.8 Å². The van der Waals surface area contributed by atoms with Gasteiger partial charge >= 0.3 is 0 Å². The predicted octanol–water partition coefficient (Wildman–Crippen LogP) is 2.60. The van der Waals surface area contributed by atoms with Crippen molar-refractivity contribution < 1.29 is 0 Å². The summed E-state index contributed by atoms with van der Waals surface area (Å²) in [5, 5.41) is 4.44. The molecule has 0 saturated carbocycles. The third kappa shape index (κ3) is 4.09. The molecule has 1 fully saturated rings. The van der Waals surface area contributed by atoms with Crippen LogP contribution < -0.4 is 5.73 Å². The van der Waals surface area contributed by atoms with Crippen molar-refractivity contribution in [1.29, 1.82) is 0 Å². The summed E-state index contributed by atoms with van der Waals surface area (Å²) in [6.07, 6.45) is 2.39. The summed E-state index contributed by atoms with van der Waals surface area (Å²) in [5.41, 5.74) is 7.67. The smallest absolute Gasteiger partial charge is 0.0171 e. The molecule has 1 aliphatic rings. The fraction of sp³-hybridized carbons (Fsp3) is 0.714. The number of hydrogen-bond acceptors (Lipinski definition) is 3. The summed E-state index contributed by atoms with van der Waals surface area (Å²) in [7, 11) is 0. The topological polar surface area (TPSA) is 29.3 Å². The highest BCUT2D eigenvalue weighted by molar-refractivity contribution is 7.07. The Morgan fingerprint density at radius 2 is 2.29 bits per heavy atom. The molecule has 2 rings (SSSR count). The Bertz CT molecular complexity index is 319. The van der Waals surface area contributed by atoms with Crippen LogP contribution in [0.4, 0.5) is 0 Å². The maximum Gasteiger partial charge on any atom is 0.0171 e. The van der Waals surface area contributed by atoms with Gasteiger partial charge in [0.25, 0.3) is 0 Å². The normalized spacial score (nSPS) is 26.6. The molecule has 0 aromatic carbocycles. The van der Waals surface area contributed by atoms with Gasteiger partial charge in [-0.25, -0.2) is 0 Å². The van der Waals surface area contributed by atoms with Crippen molar-refractivity contribution in [3.8, 4) is 0 Å². The molecule has 2 nitrogen and oxygen atoms in total. The Balaban J connectivity index is 1.89. The first kappa shape index (κ1) is 13.1. The predicted molar refractivity (Wildman–Crippen MR) is 75.4 cm³/mol. The van der Waals surface area contributed by atoms with Crippen molar-refractivity contribution in [2.45, 2.75) is 32.7 Å². The number of piperidine rings is 1. The van der Waals surface area contributed by atoms with E-state index in [2.05, 4.69) is 35.6 Å². The van der Waals surface area contributed by atoms with E-state index in [1.165, 1.54) is 31.5 Å². The fourth-order valence-electron chi connectivity index (χ4n) is 2.90. The van der Waals surface area contributed by atoms with E-state index in [4.69, 9.17) is 5.73 Å². The molecule has 3 heteroatoms. The zero-order chi connectivity index (χ0) is 12.3. The number of thiophene rings is 1. The monoisotopic (exact) mass is 252 g/mol. The van der Waals surface area contributed by atoms with E-state index < -0.39 is 0 Å². The van der Waals surface area contributed by atoms with Crippen molar-refractivity contribution in [3.63, 3.8) is 0 Å². The summed E-state index contributed by atoms with van der Waals surface area (Å²) in [5.74, 6) is 1.48. The largest absolute Gasteiger partial charge is 0.327 e. The number of nitrogens with zero attached hydrogens (tertiary/aromatic N) is 1. The van der Waals surface area contributed by atoms with Gasteiger partial charge in [-0.3, -0.25) is 0 Å². The lowest BCUT2D eigenvalue weighted by Crippen LogP contribution is -2.48. The highest BCUT2D eigenvalue weighted by Gasteiger charge is 2.25. The molecule has 2 unspecified atom stereocenters. The zero-order valence-electron chi connectivity index (χ0n) is 10.9. The second-order valence-corrected chi connectivity index (χ2v) is 6.59. The van der Waals surface area contributed by atoms with Gasteiger partial charge in [-0.05, 0) is 47.1 Å². The average Bonchev–Trinajstić information content (AvgIpc) is 2.67. The summed E-state index contributed by atoms with van der Waals surface area (Å²) >= 11 is 1.80. The van der Waals surface area contributed by atoms with Crippen LogP contribution in [0.25, 0.3) is 0 Å². The van der Waals surface area contributed by atoms with E-state index in [0.717, 1.165) is 18.4 Å². The van der Waals surface area contributed by atoms with Crippen LogP contribution in [0.2, 0.25) is 0 Å². The molecule has 1 saturated heterocycles. The van der Waals surface area contributed by atoms with Crippen LogP contribution in [0, 0.1) is 11.8 Å². The third-order valence-electron chi connectivity index (χ3n) is 3.37. The fourth-order valence-corrected chi connectivity index (χ4v) is 3.59. The molecule has 1 aliphatic heterocycles. The lowest BCUT2D eigenvalue weighted by Gasteiger charge is -2.37. The van der Waals surface area contributed by atoms with E-state index in [-0.39, 0.29) is 0 Å². The molecule has 2 atom stereocenters. The van der Waals surface area contributed by atoms with Gasteiger partial charge in [0.1, 0.15) is 0 Å². The Hall–Kier alpha value is -0.380. The number of likely N-dealkylation sites (tertiary alicyclic amines) is 1. The standard InChI is InChI=1S/C14H24N2S/c1-11(2)7-16-8-13(6-14(15)9-16)5-12-3-4-17-10-12/h3-4,10-11,13-14H,5-9,15H2,1-2H3. The Morgan fingerprint density at radius 3 is 2.94 bits per heavy atom. The van der Waals surface area contributed by atoms with Gasteiger partial charge < -0.3 is 10.6 Å². The first-order valence-electron chi connectivity index (χ1n) is 6.62. The SMILES string of the molecule is CC(C)CN1CC(N)CC(Cc2ccsc2)C1. The minimum atomic E-state index is 0.367. The second kappa shape index (κ2) is 5.98. The quantitative estimate of drug-likeness (QED) is 0.892. The van der Waals surface area contributed by atoms with Crippen molar-refractivity contribution in [3.05, 3.63) is 22.4 Å². The Morgan fingerprint density at radius 1 is 1.47 bits per heavy atom. The highest BCUT2D eigenvalue weighted by Crippen LogP contribution is 2.22. The van der Waals surface area contributed by atoms with Crippen molar-refractivity contribution in [2.75, 3.05) is 19.6 Å². The van der Waals surface area contributed by atoms with Crippen LogP contribution in [-0.2, 0) is 6.42 Å². The molecule has 1 aromatic heterocycles. The van der Waals surface area contributed by atoms with Gasteiger partial charge in [0.2, 0.25) is 0 Å². The molecule has 0 aliphatic carbocycles. The van der Waals surface area contributed by atoms with Gasteiger partial charge in [0.15, 0.2) is 0 Å². The summed E-state index contributed by atoms with van der Waals surface area (Å²) < 4.78 is 0. The summed E-state index contributed by atoms with van der Waals surface area (Å²) in [4.78, 5) is 2.55. The van der Waals surface area contributed by atoms with E-state index >= 15 is 0 Å². The molecule has 0 radical (unpaired) electrons. The molecule has 1 aromatic rings. The summed E-state index contributed by atoms with van der Waals surface area (Å²) in [6, 6.07) is 2.61. The number of nitrogens with two attached hydrogens (primary N) is 1. The molecule has 17 heavy (non-hydrogen) atoms. The second-order valence-electron chi connectivity index (χ2n) is 5.81. The molecule has 2 N–H and O–H groups in total. The first-order chi connectivity index (χ1) is 8.13. The minimum Gasteiger partial charge on any atom is -0.327 e. The van der Waals surface area contributed by atoms with Crippen LogP contribution >= 0.6 is 11.3 Å². The molecular formula is C14H24N2S. The number of rotatable bonds is 4. The number of hydrogen-bond donors (Lipinski definition) is 1. The van der Waals surface area contributed by atoms with Crippen molar-refractivity contribution in [1.82, 2.24) is 4.90 Å². The minimum absolute atomic E-state index is 0.367. The van der Waals surface area contributed by atoms with Gasteiger partial charge in [-0.15, -0.1) is 0 Å².